The second kappa shape index (κ2) is 20.6. The van der Waals surface area contributed by atoms with Crippen LogP contribution in [-0.4, -0.2) is 127 Å². The molecule has 2 saturated heterocycles. The number of carbonyl (C=O) groups excluding carboxylic acids is 2. The summed E-state index contributed by atoms with van der Waals surface area (Å²) in [5.74, 6) is -0.460. The van der Waals surface area contributed by atoms with Crippen molar-refractivity contribution in [2.45, 2.75) is 43.2 Å². The topological polar surface area (TPSA) is 260 Å². The molecule has 64 heavy (non-hydrogen) atoms. The van der Waals surface area contributed by atoms with Gasteiger partial charge in [0.15, 0.2) is 0 Å². The highest BCUT2D eigenvalue weighted by Gasteiger charge is 2.31. The summed E-state index contributed by atoms with van der Waals surface area (Å²) in [6.07, 6.45) is 2.27. The van der Waals surface area contributed by atoms with Crippen LogP contribution in [0.3, 0.4) is 0 Å². The third-order valence-corrected chi connectivity index (χ3v) is 17.6. The van der Waals surface area contributed by atoms with E-state index in [4.69, 9.17) is 9.47 Å². The van der Waals surface area contributed by atoms with Gasteiger partial charge < -0.3 is 20.1 Å². The zero-order valence-corrected chi connectivity index (χ0v) is 39.2. The van der Waals surface area contributed by atoms with E-state index in [0.29, 0.717) is 21.3 Å². The lowest BCUT2D eigenvalue weighted by atomic mass is 10.1. The summed E-state index contributed by atoms with van der Waals surface area (Å²) >= 11 is 2.56. The zero-order valence-electron chi connectivity index (χ0n) is 34.3. The summed E-state index contributed by atoms with van der Waals surface area (Å²) in [5, 5.41) is 5.04. The summed E-state index contributed by atoms with van der Waals surface area (Å²) in [6, 6.07) is 15.3. The summed E-state index contributed by atoms with van der Waals surface area (Å²) in [4.78, 5) is 26.2. The Bertz CT molecular complexity index is 2720. The molecule has 0 aromatic heterocycles. The molecule has 18 nitrogen and oxygen atoms in total. The van der Waals surface area contributed by atoms with Crippen LogP contribution in [0.4, 0.5) is 11.4 Å². The van der Waals surface area contributed by atoms with Crippen LogP contribution in [0.1, 0.15) is 45.7 Å². The van der Waals surface area contributed by atoms with Gasteiger partial charge in [0.05, 0.1) is 36.2 Å². The first-order valence-electron chi connectivity index (χ1n) is 19.5. The third-order valence-electron chi connectivity index (χ3n) is 9.73. The van der Waals surface area contributed by atoms with Gasteiger partial charge in [-0.25, -0.2) is 16.8 Å². The summed E-state index contributed by atoms with van der Waals surface area (Å²) < 4.78 is 138. The summed E-state index contributed by atoms with van der Waals surface area (Å²) in [6.45, 7) is 5.12. The molecular formula is C40H44N4O14S6. The van der Waals surface area contributed by atoms with Crippen molar-refractivity contribution in [2.24, 2.45) is 0 Å². The molecule has 4 aromatic carbocycles. The number of hydrogen-bond donors (Lipinski definition) is 4. The van der Waals surface area contributed by atoms with Gasteiger partial charge in [-0.1, -0.05) is 38.1 Å². The maximum Gasteiger partial charge on any atom is 0.295 e. The van der Waals surface area contributed by atoms with Gasteiger partial charge in [0.1, 0.15) is 9.79 Å². The molecule has 0 atom stereocenters. The fraction of sp³-hybridized carbons (Fsp3) is 0.300. The molecule has 2 fully saturated rings. The molecule has 0 unspecified atom stereocenters. The van der Waals surface area contributed by atoms with Crippen LogP contribution in [0.5, 0.6) is 0 Å². The highest BCUT2D eigenvalue weighted by molar-refractivity contribution is 8.00. The maximum atomic E-state index is 13.6. The van der Waals surface area contributed by atoms with Crippen molar-refractivity contribution >= 4 is 99.1 Å². The number of thioether (sulfide) groups is 2. The first-order chi connectivity index (χ1) is 30.2. The molecule has 24 heteroatoms. The Balaban J connectivity index is 1.24. The third kappa shape index (κ3) is 11.6. The number of sulfonamides is 2. The monoisotopic (exact) mass is 996 g/mol. The Morgan fingerprint density at radius 1 is 0.562 bits per heavy atom. The normalized spacial score (nSPS) is 15.9. The van der Waals surface area contributed by atoms with E-state index in [1.54, 1.807) is 0 Å². The number of anilines is 2. The molecule has 0 spiro atoms. The molecule has 2 heterocycles. The van der Waals surface area contributed by atoms with Crippen LogP contribution in [-0.2, 0) is 49.8 Å². The van der Waals surface area contributed by atoms with Crippen molar-refractivity contribution in [1.82, 2.24) is 8.61 Å². The molecule has 0 bridgehead atoms. The molecule has 0 aliphatic carbocycles. The van der Waals surface area contributed by atoms with Gasteiger partial charge in [-0.3, -0.25) is 18.7 Å². The fourth-order valence-electron chi connectivity index (χ4n) is 6.64. The molecule has 4 N–H and O–H groups in total. The number of nitrogens with one attached hydrogen (secondary N) is 2. The van der Waals surface area contributed by atoms with Crippen molar-refractivity contribution in [3.05, 3.63) is 95.1 Å². The average molecular weight is 997 g/mol. The SMILES string of the molecule is CCSc1ccc(C(=O)Nc2ccc(/C=C/c3ccc(NC(=O)c4ccc(SCC)c(S(=O)(=O)N5CCOCC5)c4)cc3S(=O)(=O)O)c(S(=O)(=O)O)c2)cc1S(=O)(=O)N1CCOCC1. The minimum Gasteiger partial charge on any atom is -0.379 e. The Kier molecular flexibility index (Phi) is 15.8. The van der Waals surface area contributed by atoms with Crippen LogP contribution in [0.15, 0.2) is 102 Å². The second-order valence-corrected chi connectivity index (χ2v) is 23.1. The van der Waals surface area contributed by atoms with E-state index in [1.165, 1.54) is 92.8 Å². The van der Waals surface area contributed by atoms with E-state index in [1.807, 2.05) is 13.8 Å². The van der Waals surface area contributed by atoms with Gasteiger partial charge >= 0.3 is 0 Å². The molecule has 0 radical (unpaired) electrons. The number of rotatable bonds is 16. The van der Waals surface area contributed by atoms with E-state index < -0.39 is 61.9 Å². The number of benzene rings is 4. The van der Waals surface area contributed by atoms with Gasteiger partial charge in [0.25, 0.3) is 32.1 Å². The standard InChI is InChI=1S/C40H44N4O14S6/c1-3-59-33-13-9-29(23-37(33)61(47,48)43-15-19-57-20-16-43)39(45)41-31-11-7-27(35(25-31)63(51,52)53)5-6-28-8-12-32(26-36(28)64(54,55)56)42-40(46)30-10-14-34(60-4-2)38(24-30)62(49,50)44-17-21-58-22-18-44/h5-14,23-26H,3-4,15-22H2,1-2H3,(H,41,45)(H,42,46)(H,51,52,53)(H,54,55,56)/b6-5+. The number of carbonyl (C=O) groups is 2. The largest absolute Gasteiger partial charge is 0.379 e. The first-order valence-corrected chi connectivity index (χ1v) is 27.2. The lowest BCUT2D eigenvalue weighted by Crippen LogP contribution is -2.40. The van der Waals surface area contributed by atoms with Crippen LogP contribution >= 0.6 is 23.5 Å². The number of morpholine rings is 2. The van der Waals surface area contributed by atoms with E-state index in [-0.39, 0.29) is 96.0 Å². The number of hydrogen-bond acceptors (Lipinski definition) is 14. The van der Waals surface area contributed by atoms with Gasteiger partial charge in [-0.05, 0) is 83.3 Å². The molecular weight excluding hydrogens is 953 g/mol. The number of amides is 2. The highest BCUT2D eigenvalue weighted by atomic mass is 32.2. The van der Waals surface area contributed by atoms with E-state index in [2.05, 4.69) is 10.6 Å². The van der Waals surface area contributed by atoms with E-state index in [9.17, 15) is 52.4 Å². The Hall–Kier alpha value is -4.18. The minimum absolute atomic E-state index is 0.0486. The Morgan fingerprint density at radius 2 is 0.922 bits per heavy atom. The maximum absolute atomic E-state index is 13.6. The van der Waals surface area contributed by atoms with Gasteiger partial charge in [0.2, 0.25) is 20.0 Å². The fourth-order valence-corrected chi connectivity index (χ4v) is 13.4. The zero-order chi connectivity index (χ0) is 46.5. The predicted octanol–water partition coefficient (Wildman–Crippen LogP) is 5.12. The summed E-state index contributed by atoms with van der Waals surface area (Å²) in [7, 11) is -18.0. The van der Waals surface area contributed by atoms with Crippen molar-refractivity contribution in [2.75, 3.05) is 74.7 Å². The Morgan fingerprint density at radius 3 is 1.25 bits per heavy atom. The predicted molar refractivity (Wildman–Crippen MR) is 242 cm³/mol. The van der Waals surface area contributed by atoms with Crippen LogP contribution in [0.25, 0.3) is 12.2 Å². The van der Waals surface area contributed by atoms with Gasteiger partial charge in [-0.2, -0.15) is 25.4 Å². The lowest BCUT2D eigenvalue weighted by Gasteiger charge is -2.27. The van der Waals surface area contributed by atoms with Crippen LogP contribution < -0.4 is 10.6 Å². The van der Waals surface area contributed by atoms with Crippen molar-refractivity contribution in [1.29, 1.82) is 0 Å². The minimum atomic E-state index is -4.98. The smallest absolute Gasteiger partial charge is 0.295 e. The van der Waals surface area contributed by atoms with Crippen LogP contribution in [0.2, 0.25) is 0 Å². The quantitative estimate of drug-likeness (QED) is 0.0645. The molecule has 4 aromatic rings. The summed E-state index contributed by atoms with van der Waals surface area (Å²) in [5.41, 5.74) is -0.608. The second-order valence-electron chi connectivity index (χ2n) is 13.9. The Labute approximate surface area is 380 Å². The van der Waals surface area contributed by atoms with Crippen molar-refractivity contribution in [3.8, 4) is 0 Å². The van der Waals surface area contributed by atoms with Gasteiger partial charge in [0, 0.05) is 58.5 Å². The molecule has 6 rings (SSSR count). The number of nitrogens with zero attached hydrogens (tertiary/aromatic N) is 2. The number of ether oxygens (including phenoxy) is 2. The molecule has 2 aliphatic heterocycles. The molecule has 0 saturated carbocycles. The van der Waals surface area contributed by atoms with Crippen molar-refractivity contribution in [3.63, 3.8) is 0 Å². The van der Waals surface area contributed by atoms with E-state index in [0.717, 1.165) is 24.3 Å². The molecule has 2 amide bonds. The van der Waals surface area contributed by atoms with Crippen LogP contribution in [0, 0.1) is 0 Å². The van der Waals surface area contributed by atoms with Crippen molar-refractivity contribution < 1.29 is 61.8 Å². The van der Waals surface area contributed by atoms with Gasteiger partial charge in [-0.15, -0.1) is 23.5 Å². The van der Waals surface area contributed by atoms with E-state index >= 15 is 0 Å². The highest BCUT2D eigenvalue weighted by Crippen LogP contribution is 2.33. The molecule has 2 aliphatic rings. The first kappa shape index (κ1) is 49.3. The average Bonchev–Trinajstić information content (AvgIpc) is 3.26. The molecule has 344 valence electrons. The lowest BCUT2D eigenvalue weighted by molar-refractivity contribution is 0.0729.